The predicted molar refractivity (Wildman–Crippen MR) is 64.9 cm³/mol. The lowest BCUT2D eigenvalue weighted by atomic mass is 10.0. The van der Waals surface area contributed by atoms with Crippen LogP contribution in [0.4, 0.5) is 0 Å². The Bertz CT molecular complexity index is 525. The average Bonchev–Trinajstić information content (AvgIpc) is 2.68. The minimum atomic E-state index is -2.97. The van der Waals surface area contributed by atoms with Crippen LogP contribution in [-0.2, 0) is 9.84 Å². The highest BCUT2D eigenvalue weighted by molar-refractivity contribution is 7.91. The van der Waals surface area contributed by atoms with E-state index in [9.17, 15) is 13.2 Å². The summed E-state index contributed by atoms with van der Waals surface area (Å²) in [6, 6.07) is 1.97. The summed E-state index contributed by atoms with van der Waals surface area (Å²) in [6.45, 7) is 3.86. The zero-order chi connectivity index (χ0) is 11.9. The molecule has 1 aliphatic heterocycles. The van der Waals surface area contributed by atoms with E-state index in [1.54, 1.807) is 0 Å². The fourth-order valence-electron chi connectivity index (χ4n) is 2.07. The second-order valence-electron chi connectivity index (χ2n) is 4.33. The number of hydrogen-bond donors (Lipinski definition) is 0. The van der Waals surface area contributed by atoms with E-state index < -0.39 is 9.84 Å². The molecule has 0 amide bonds. The Morgan fingerprint density at radius 3 is 2.56 bits per heavy atom. The first-order chi connectivity index (χ1) is 7.39. The van der Waals surface area contributed by atoms with E-state index in [-0.39, 0.29) is 23.2 Å². The third-order valence-corrected chi connectivity index (χ3v) is 5.80. The van der Waals surface area contributed by atoms with Gasteiger partial charge in [0.1, 0.15) is 0 Å². The zero-order valence-corrected chi connectivity index (χ0v) is 11.0. The van der Waals surface area contributed by atoms with Crippen LogP contribution in [0.1, 0.15) is 26.5 Å². The number of sulfone groups is 1. The van der Waals surface area contributed by atoms with Crippen LogP contribution in [0.5, 0.6) is 0 Å². The first-order valence-corrected chi connectivity index (χ1v) is 7.84. The summed E-state index contributed by atoms with van der Waals surface area (Å²) in [5.41, 5.74) is 0.969. The van der Waals surface area contributed by atoms with Gasteiger partial charge in [-0.05, 0) is 31.9 Å². The Hall–Kier alpha value is -0.680. The molecule has 0 aliphatic carbocycles. The van der Waals surface area contributed by atoms with Gasteiger partial charge in [-0.3, -0.25) is 4.79 Å². The molecule has 0 aromatic carbocycles. The number of rotatable bonds is 2. The summed E-state index contributed by atoms with van der Waals surface area (Å²) in [5, 5.41) is 0. The Kier molecular flexibility index (Phi) is 2.92. The highest BCUT2D eigenvalue weighted by Crippen LogP contribution is 2.28. The molecule has 1 fully saturated rings. The maximum Gasteiger partial charge on any atom is 0.177 e. The Morgan fingerprint density at radius 2 is 2.12 bits per heavy atom. The van der Waals surface area contributed by atoms with Gasteiger partial charge in [0, 0.05) is 10.8 Å². The highest BCUT2D eigenvalue weighted by atomic mass is 32.2. The second-order valence-corrected chi connectivity index (χ2v) is 7.82. The Morgan fingerprint density at radius 1 is 1.44 bits per heavy atom. The molecule has 0 bridgehead atoms. The van der Waals surface area contributed by atoms with Crippen molar-refractivity contribution < 1.29 is 13.2 Å². The molecule has 5 heteroatoms. The fourth-order valence-corrected chi connectivity index (χ4v) is 4.86. The Labute approximate surface area is 99.4 Å². The SMILES string of the molecule is Cc1cc(C)c(C(=O)C2CCS(=O)(=O)C2)s1. The normalized spacial score (nSPS) is 23.5. The molecule has 0 N–H and O–H groups in total. The molecule has 1 unspecified atom stereocenters. The van der Waals surface area contributed by atoms with E-state index in [2.05, 4.69) is 0 Å². The largest absolute Gasteiger partial charge is 0.293 e. The average molecular weight is 258 g/mol. The van der Waals surface area contributed by atoms with Gasteiger partial charge in [-0.1, -0.05) is 0 Å². The van der Waals surface area contributed by atoms with Crippen LogP contribution in [0.3, 0.4) is 0 Å². The molecule has 1 atom stereocenters. The van der Waals surface area contributed by atoms with E-state index in [4.69, 9.17) is 0 Å². The summed E-state index contributed by atoms with van der Waals surface area (Å²) in [5.74, 6) is -0.117. The maximum atomic E-state index is 12.1. The van der Waals surface area contributed by atoms with E-state index in [0.717, 1.165) is 15.3 Å². The minimum absolute atomic E-state index is 0.0108. The number of thiophene rings is 1. The van der Waals surface area contributed by atoms with Crippen LogP contribution >= 0.6 is 11.3 Å². The number of carbonyl (C=O) groups excluding carboxylic acids is 1. The predicted octanol–water partition coefficient (Wildman–Crippen LogP) is 1.98. The summed E-state index contributed by atoms with van der Waals surface area (Å²) in [7, 11) is -2.97. The lowest BCUT2D eigenvalue weighted by Gasteiger charge is -2.05. The van der Waals surface area contributed by atoms with Gasteiger partial charge < -0.3 is 0 Å². The molecular weight excluding hydrogens is 244 g/mol. The summed E-state index contributed by atoms with van der Waals surface area (Å²) in [4.78, 5) is 13.9. The van der Waals surface area contributed by atoms with E-state index in [0.29, 0.717) is 6.42 Å². The molecule has 3 nitrogen and oxygen atoms in total. The molecular formula is C11H14O3S2. The van der Waals surface area contributed by atoms with Gasteiger partial charge in [-0.25, -0.2) is 8.42 Å². The van der Waals surface area contributed by atoms with Crippen LogP contribution < -0.4 is 0 Å². The van der Waals surface area contributed by atoms with Crippen molar-refractivity contribution in [2.75, 3.05) is 11.5 Å². The fraction of sp³-hybridized carbons (Fsp3) is 0.545. The van der Waals surface area contributed by atoms with Gasteiger partial charge in [0.25, 0.3) is 0 Å². The minimum Gasteiger partial charge on any atom is -0.293 e. The van der Waals surface area contributed by atoms with Gasteiger partial charge in [0.15, 0.2) is 15.6 Å². The van der Waals surface area contributed by atoms with Crippen LogP contribution in [0.2, 0.25) is 0 Å². The van der Waals surface area contributed by atoms with Crippen molar-refractivity contribution in [3.05, 3.63) is 21.4 Å². The molecule has 1 saturated heterocycles. The number of ketones is 1. The van der Waals surface area contributed by atoms with E-state index in [1.807, 2.05) is 19.9 Å². The third-order valence-electron chi connectivity index (χ3n) is 2.87. The monoisotopic (exact) mass is 258 g/mol. The van der Waals surface area contributed by atoms with Crippen molar-refractivity contribution in [1.82, 2.24) is 0 Å². The second kappa shape index (κ2) is 3.96. The van der Waals surface area contributed by atoms with Crippen LogP contribution in [0.15, 0.2) is 6.07 Å². The van der Waals surface area contributed by atoms with Gasteiger partial charge in [-0.15, -0.1) is 11.3 Å². The molecule has 0 saturated carbocycles. The molecule has 0 radical (unpaired) electrons. The van der Waals surface area contributed by atoms with E-state index >= 15 is 0 Å². The Balaban J connectivity index is 2.24. The molecule has 1 aromatic rings. The number of aryl methyl sites for hydroxylation is 2. The van der Waals surface area contributed by atoms with Crippen molar-refractivity contribution in [2.24, 2.45) is 5.92 Å². The summed E-state index contributed by atoms with van der Waals surface area (Å²) in [6.07, 6.45) is 0.484. The molecule has 16 heavy (non-hydrogen) atoms. The third kappa shape index (κ3) is 2.20. The van der Waals surface area contributed by atoms with Crippen molar-refractivity contribution >= 4 is 27.0 Å². The van der Waals surface area contributed by atoms with Crippen LogP contribution in [0, 0.1) is 19.8 Å². The smallest absolute Gasteiger partial charge is 0.177 e. The molecule has 1 aromatic heterocycles. The number of hydrogen-bond acceptors (Lipinski definition) is 4. The van der Waals surface area contributed by atoms with Crippen molar-refractivity contribution in [2.45, 2.75) is 20.3 Å². The summed E-state index contributed by atoms with van der Waals surface area (Å²) < 4.78 is 22.6. The van der Waals surface area contributed by atoms with Crippen LogP contribution in [-0.4, -0.2) is 25.7 Å². The zero-order valence-electron chi connectivity index (χ0n) is 9.32. The summed E-state index contributed by atoms with van der Waals surface area (Å²) >= 11 is 1.47. The first kappa shape index (κ1) is 11.8. The van der Waals surface area contributed by atoms with Crippen LogP contribution in [0.25, 0.3) is 0 Å². The maximum absolute atomic E-state index is 12.1. The topological polar surface area (TPSA) is 51.2 Å². The molecule has 2 heterocycles. The quantitative estimate of drug-likeness (QED) is 0.762. The number of Topliss-reactive ketones (excluding diaryl/α,β-unsaturated/α-hetero) is 1. The standard InChI is InChI=1S/C11H14O3S2/c1-7-5-8(2)15-11(7)10(12)9-3-4-16(13,14)6-9/h5,9H,3-4,6H2,1-2H3. The first-order valence-electron chi connectivity index (χ1n) is 5.21. The lowest BCUT2D eigenvalue weighted by Crippen LogP contribution is -2.15. The van der Waals surface area contributed by atoms with Crippen molar-refractivity contribution in [3.63, 3.8) is 0 Å². The van der Waals surface area contributed by atoms with Gasteiger partial charge in [-0.2, -0.15) is 0 Å². The van der Waals surface area contributed by atoms with Crippen molar-refractivity contribution in [3.8, 4) is 0 Å². The lowest BCUT2D eigenvalue weighted by molar-refractivity contribution is 0.0937. The molecule has 0 spiro atoms. The van der Waals surface area contributed by atoms with Gasteiger partial charge >= 0.3 is 0 Å². The highest BCUT2D eigenvalue weighted by Gasteiger charge is 2.34. The molecule has 1 aliphatic rings. The van der Waals surface area contributed by atoms with Gasteiger partial charge in [0.2, 0.25) is 0 Å². The van der Waals surface area contributed by atoms with E-state index in [1.165, 1.54) is 11.3 Å². The number of carbonyl (C=O) groups is 1. The van der Waals surface area contributed by atoms with Gasteiger partial charge in [0.05, 0.1) is 16.4 Å². The molecule has 88 valence electrons. The molecule has 2 rings (SSSR count). The van der Waals surface area contributed by atoms with Crippen molar-refractivity contribution in [1.29, 1.82) is 0 Å².